The Kier molecular flexibility index (Phi) is 5.61. The van der Waals surface area contributed by atoms with Crippen molar-refractivity contribution in [1.82, 2.24) is 0 Å². The lowest BCUT2D eigenvalue weighted by molar-refractivity contribution is 0.0526. The molecule has 0 bridgehead atoms. The van der Waals surface area contributed by atoms with E-state index in [4.69, 9.17) is 4.74 Å². The molecular formula is C32H30O2. The highest BCUT2D eigenvalue weighted by Crippen LogP contribution is 2.56. The molecule has 0 saturated heterocycles. The van der Waals surface area contributed by atoms with Gasteiger partial charge >= 0.3 is 5.97 Å². The third-order valence-electron chi connectivity index (χ3n) is 7.07. The molecule has 0 aromatic heterocycles. The highest BCUT2D eigenvalue weighted by Gasteiger charge is 2.46. The van der Waals surface area contributed by atoms with E-state index in [1.165, 1.54) is 44.5 Å². The fourth-order valence-electron chi connectivity index (χ4n) is 5.40. The number of aryl methyl sites for hydroxylation is 3. The van der Waals surface area contributed by atoms with Crippen LogP contribution in [-0.4, -0.2) is 12.6 Å². The molecule has 4 aromatic carbocycles. The van der Waals surface area contributed by atoms with E-state index >= 15 is 0 Å². The first kappa shape index (κ1) is 22.2. The summed E-state index contributed by atoms with van der Waals surface area (Å²) in [5, 5.41) is 0. The monoisotopic (exact) mass is 446 g/mol. The molecule has 0 heterocycles. The Labute approximate surface area is 202 Å². The number of esters is 1. The molecule has 0 spiro atoms. The minimum absolute atomic E-state index is 0.283. The van der Waals surface area contributed by atoms with Crippen molar-refractivity contribution in [3.8, 4) is 11.1 Å². The van der Waals surface area contributed by atoms with Gasteiger partial charge in [-0.25, -0.2) is 4.79 Å². The van der Waals surface area contributed by atoms with Gasteiger partial charge in [-0.05, 0) is 78.3 Å². The third kappa shape index (κ3) is 3.37. The van der Waals surface area contributed by atoms with E-state index in [0.717, 1.165) is 12.0 Å². The number of fused-ring (bicyclic) bond motifs is 3. The summed E-state index contributed by atoms with van der Waals surface area (Å²) in [5.41, 5.74) is 11.4. The summed E-state index contributed by atoms with van der Waals surface area (Å²) in [7, 11) is 0. The van der Waals surface area contributed by atoms with Crippen molar-refractivity contribution in [3.63, 3.8) is 0 Å². The van der Waals surface area contributed by atoms with Crippen LogP contribution in [0.15, 0.2) is 84.9 Å². The van der Waals surface area contributed by atoms with Gasteiger partial charge in [0.2, 0.25) is 0 Å². The summed E-state index contributed by atoms with van der Waals surface area (Å²) in [6.07, 6.45) is 1.01. The summed E-state index contributed by atoms with van der Waals surface area (Å²) < 4.78 is 5.23. The minimum Gasteiger partial charge on any atom is -0.462 e. The molecule has 0 N–H and O–H groups in total. The summed E-state index contributed by atoms with van der Waals surface area (Å²) in [5.74, 6) is -0.283. The molecule has 2 nitrogen and oxygen atoms in total. The van der Waals surface area contributed by atoms with Crippen molar-refractivity contribution < 1.29 is 9.53 Å². The van der Waals surface area contributed by atoms with Gasteiger partial charge in [-0.3, -0.25) is 0 Å². The summed E-state index contributed by atoms with van der Waals surface area (Å²) in [6, 6.07) is 30.6. The summed E-state index contributed by atoms with van der Waals surface area (Å²) in [4.78, 5) is 12.4. The maximum absolute atomic E-state index is 12.4. The Balaban J connectivity index is 1.84. The quantitative estimate of drug-likeness (QED) is 0.263. The van der Waals surface area contributed by atoms with Gasteiger partial charge < -0.3 is 4.74 Å². The van der Waals surface area contributed by atoms with Crippen LogP contribution in [0.4, 0.5) is 0 Å². The zero-order valence-electron chi connectivity index (χ0n) is 20.3. The van der Waals surface area contributed by atoms with E-state index in [1.54, 1.807) is 0 Å². The molecule has 1 aliphatic rings. The van der Waals surface area contributed by atoms with E-state index in [-0.39, 0.29) is 5.97 Å². The highest BCUT2D eigenvalue weighted by molar-refractivity contribution is 5.90. The van der Waals surface area contributed by atoms with Gasteiger partial charge in [-0.15, -0.1) is 0 Å². The molecule has 34 heavy (non-hydrogen) atoms. The van der Waals surface area contributed by atoms with E-state index in [2.05, 4.69) is 93.6 Å². The first-order valence-electron chi connectivity index (χ1n) is 12.1. The zero-order chi connectivity index (χ0) is 23.9. The maximum Gasteiger partial charge on any atom is 0.338 e. The zero-order valence-corrected chi connectivity index (χ0v) is 20.3. The number of ether oxygens (including phenoxy) is 1. The number of hydrogen-bond donors (Lipinski definition) is 0. The number of benzene rings is 4. The van der Waals surface area contributed by atoms with E-state index in [9.17, 15) is 4.79 Å². The van der Waals surface area contributed by atoms with Gasteiger partial charge in [0.25, 0.3) is 0 Å². The van der Waals surface area contributed by atoms with Crippen LogP contribution >= 0.6 is 0 Å². The van der Waals surface area contributed by atoms with Crippen LogP contribution in [0.1, 0.15) is 63.1 Å². The second kappa shape index (κ2) is 8.61. The molecule has 0 saturated carbocycles. The second-order valence-electron chi connectivity index (χ2n) is 9.20. The average molecular weight is 447 g/mol. The van der Waals surface area contributed by atoms with E-state index in [0.29, 0.717) is 12.2 Å². The lowest BCUT2D eigenvalue weighted by Gasteiger charge is -2.34. The van der Waals surface area contributed by atoms with Crippen LogP contribution in [0.25, 0.3) is 11.1 Å². The van der Waals surface area contributed by atoms with Crippen molar-refractivity contribution in [2.75, 3.05) is 6.61 Å². The molecule has 1 aliphatic carbocycles. The predicted octanol–water partition coefficient (Wildman–Crippen LogP) is 7.41. The van der Waals surface area contributed by atoms with Gasteiger partial charge in [-0.1, -0.05) is 90.8 Å². The fraction of sp³-hybridized carbons (Fsp3) is 0.219. The van der Waals surface area contributed by atoms with Crippen LogP contribution < -0.4 is 0 Å². The Morgan fingerprint density at radius 3 is 1.68 bits per heavy atom. The van der Waals surface area contributed by atoms with Crippen LogP contribution in [0.3, 0.4) is 0 Å². The van der Waals surface area contributed by atoms with Crippen LogP contribution in [-0.2, 0) is 16.6 Å². The normalized spacial score (nSPS) is 13.3. The Bertz CT molecular complexity index is 1310. The number of carbonyl (C=O) groups is 1. The van der Waals surface area contributed by atoms with Crippen LogP contribution in [0.2, 0.25) is 0 Å². The standard InChI is InChI=1S/C32H30O2/c1-5-23-9-13-25(14-10-23)32(26-15-11-24(12-16-26)31(33)34-6-2)29-19-21(3)7-17-27(29)28-18-8-22(4)20-30(28)32/h7-20H,5-6H2,1-4H3. The third-order valence-corrected chi connectivity index (χ3v) is 7.07. The molecule has 5 rings (SSSR count). The second-order valence-corrected chi connectivity index (χ2v) is 9.20. The van der Waals surface area contributed by atoms with Gasteiger partial charge in [-0.2, -0.15) is 0 Å². The Morgan fingerprint density at radius 1 is 0.706 bits per heavy atom. The van der Waals surface area contributed by atoms with Crippen molar-refractivity contribution >= 4 is 5.97 Å². The SMILES string of the molecule is CCOC(=O)c1ccc(C2(c3ccc(CC)cc3)c3cc(C)ccc3-c3ccc(C)cc32)cc1. The molecule has 0 fully saturated rings. The number of hydrogen-bond acceptors (Lipinski definition) is 2. The maximum atomic E-state index is 12.4. The van der Waals surface area contributed by atoms with Crippen molar-refractivity contribution in [1.29, 1.82) is 0 Å². The molecule has 0 aliphatic heterocycles. The molecule has 2 heteroatoms. The smallest absolute Gasteiger partial charge is 0.338 e. The summed E-state index contributed by atoms with van der Waals surface area (Å²) >= 11 is 0. The largest absolute Gasteiger partial charge is 0.462 e. The molecule has 170 valence electrons. The highest BCUT2D eigenvalue weighted by atomic mass is 16.5. The first-order chi connectivity index (χ1) is 16.5. The molecule has 0 unspecified atom stereocenters. The lowest BCUT2D eigenvalue weighted by Crippen LogP contribution is -2.29. The summed E-state index contributed by atoms with van der Waals surface area (Å²) in [6.45, 7) is 8.70. The predicted molar refractivity (Wildman–Crippen MR) is 139 cm³/mol. The van der Waals surface area contributed by atoms with Gasteiger partial charge in [0.05, 0.1) is 17.6 Å². The molecular weight excluding hydrogens is 416 g/mol. The number of carbonyl (C=O) groups excluding carboxylic acids is 1. The fourth-order valence-corrected chi connectivity index (χ4v) is 5.40. The van der Waals surface area contributed by atoms with E-state index < -0.39 is 5.41 Å². The minimum atomic E-state index is -0.456. The molecule has 4 aromatic rings. The molecule has 0 amide bonds. The Hall–Kier alpha value is -3.65. The Morgan fingerprint density at radius 2 is 1.21 bits per heavy atom. The van der Waals surface area contributed by atoms with Gasteiger partial charge in [0.1, 0.15) is 0 Å². The molecule has 0 atom stereocenters. The van der Waals surface area contributed by atoms with E-state index in [1.807, 2.05) is 19.1 Å². The molecule has 0 radical (unpaired) electrons. The van der Waals surface area contributed by atoms with Gasteiger partial charge in [0.15, 0.2) is 0 Å². The lowest BCUT2D eigenvalue weighted by atomic mass is 9.67. The van der Waals surface area contributed by atoms with Crippen LogP contribution in [0.5, 0.6) is 0 Å². The number of rotatable bonds is 5. The van der Waals surface area contributed by atoms with Crippen molar-refractivity contribution in [2.45, 2.75) is 39.5 Å². The van der Waals surface area contributed by atoms with Gasteiger partial charge in [0, 0.05) is 0 Å². The topological polar surface area (TPSA) is 26.3 Å². The van der Waals surface area contributed by atoms with Crippen molar-refractivity contribution in [3.05, 3.63) is 129 Å². The van der Waals surface area contributed by atoms with Crippen molar-refractivity contribution in [2.24, 2.45) is 0 Å². The first-order valence-corrected chi connectivity index (χ1v) is 12.1. The van der Waals surface area contributed by atoms with Crippen LogP contribution in [0, 0.1) is 13.8 Å². The average Bonchev–Trinajstić information content (AvgIpc) is 3.13.